The number of nitrogens with one attached hydrogen (secondary N) is 1. The quantitative estimate of drug-likeness (QED) is 0.883. The van der Waals surface area contributed by atoms with Crippen molar-refractivity contribution in [2.24, 2.45) is 0 Å². The third-order valence-corrected chi connectivity index (χ3v) is 3.07. The molecule has 2 aromatic rings. The van der Waals surface area contributed by atoms with Gasteiger partial charge in [0, 0.05) is 6.04 Å². The fourth-order valence-corrected chi connectivity index (χ4v) is 2.05. The molecule has 0 saturated carbocycles. The molecule has 0 aliphatic carbocycles. The van der Waals surface area contributed by atoms with Crippen molar-refractivity contribution < 1.29 is 4.42 Å². The van der Waals surface area contributed by atoms with Gasteiger partial charge in [0.15, 0.2) is 5.22 Å². The van der Waals surface area contributed by atoms with Crippen molar-refractivity contribution in [1.29, 1.82) is 0 Å². The van der Waals surface area contributed by atoms with Crippen molar-refractivity contribution in [1.82, 2.24) is 5.32 Å². The monoisotopic (exact) mass is 249 g/mol. The largest absolute Gasteiger partial charge is 0.448 e. The lowest BCUT2D eigenvalue weighted by Gasteiger charge is -2.15. The Balaban J connectivity index is 1.98. The van der Waals surface area contributed by atoms with Crippen LogP contribution in [0.25, 0.3) is 0 Å². The summed E-state index contributed by atoms with van der Waals surface area (Å²) in [5.41, 5.74) is 2.61. The predicted octanol–water partition coefficient (Wildman–Crippen LogP) is 4.09. The molecule has 0 saturated heterocycles. The molecule has 0 unspecified atom stereocenters. The summed E-state index contributed by atoms with van der Waals surface area (Å²) >= 11 is 5.72. The molecule has 1 atom stereocenters. The Morgan fingerprint density at radius 3 is 2.65 bits per heavy atom. The van der Waals surface area contributed by atoms with Gasteiger partial charge in [-0.3, -0.25) is 0 Å². The van der Waals surface area contributed by atoms with E-state index in [9.17, 15) is 0 Å². The Labute approximate surface area is 107 Å². The van der Waals surface area contributed by atoms with E-state index >= 15 is 0 Å². The molecule has 0 spiro atoms. The topological polar surface area (TPSA) is 25.2 Å². The average Bonchev–Trinajstić information content (AvgIpc) is 2.73. The minimum Gasteiger partial charge on any atom is -0.448 e. The second kappa shape index (κ2) is 5.39. The van der Waals surface area contributed by atoms with Gasteiger partial charge in [0.2, 0.25) is 0 Å². The van der Waals surface area contributed by atoms with Crippen LogP contribution in [0.15, 0.2) is 40.8 Å². The SMILES string of the molecule is Cc1ccccc1[C@H](C)NCc1ccc(Cl)o1. The van der Waals surface area contributed by atoms with Gasteiger partial charge in [0.05, 0.1) is 6.54 Å². The molecule has 1 aromatic carbocycles. The summed E-state index contributed by atoms with van der Waals surface area (Å²) in [4.78, 5) is 0. The first-order valence-electron chi connectivity index (χ1n) is 5.70. The summed E-state index contributed by atoms with van der Waals surface area (Å²) in [6.45, 7) is 4.95. The summed E-state index contributed by atoms with van der Waals surface area (Å²) in [5.74, 6) is 0.857. The Bertz CT molecular complexity index is 492. The molecule has 0 radical (unpaired) electrons. The van der Waals surface area contributed by atoms with Crippen LogP contribution in [0.2, 0.25) is 5.22 Å². The van der Waals surface area contributed by atoms with E-state index in [-0.39, 0.29) is 0 Å². The lowest BCUT2D eigenvalue weighted by Crippen LogP contribution is -2.18. The van der Waals surface area contributed by atoms with E-state index in [1.807, 2.05) is 6.07 Å². The number of hydrogen-bond acceptors (Lipinski definition) is 2. The van der Waals surface area contributed by atoms with Gasteiger partial charge < -0.3 is 9.73 Å². The van der Waals surface area contributed by atoms with Crippen LogP contribution < -0.4 is 5.32 Å². The van der Waals surface area contributed by atoms with Crippen molar-refractivity contribution in [3.05, 3.63) is 58.5 Å². The third kappa shape index (κ3) is 3.11. The van der Waals surface area contributed by atoms with Gasteiger partial charge in [-0.1, -0.05) is 24.3 Å². The van der Waals surface area contributed by atoms with E-state index in [0.717, 1.165) is 5.76 Å². The molecule has 3 heteroatoms. The van der Waals surface area contributed by atoms with Crippen LogP contribution in [0.3, 0.4) is 0 Å². The van der Waals surface area contributed by atoms with Gasteiger partial charge in [-0.15, -0.1) is 0 Å². The van der Waals surface area contributed by atoms with Crippen molar-refractivity contribution in [3.63, 3.8) is 0 Å². The number of benzene rings is 1. The zero-order valence-corrected chi connectivity index (χ0v) is 10.8. The van der Waals surface area contributed by atoms with Gasteiger partial charge in [-0.2, -0.15) is 0 Å². The van der Waals surface area contributed by atoms with E-state index in [1.54, 1.807) is 6.07 Å². The molecule has 0 fully saturated rings. The fourth-order valence-electron chi connectivity index (χ4n) is 1.88. The first kappa shape index (κ1) is 12.2. The highest BCUT2D eigenvalue weighted by Gasteiger charge is 2.08. The number of rotatable bonds is 4. The summed E-state index contributed by atoms with van der Waals surface area (Å²) in [7, 11) is 0. The summed E-state index contributed by atoms with van der Waals surface area (Å²) < 4.78 is 5.30. The highest BCUT2D eigenvalue weighted by atomic mass is 35.5. The van der Waals surface area contributed by atoms with Crippen LogP contribution >= 0.6 is 11.6 Å². The van der Waals surface area contributed by atoms with E-state index in [2.05, 4.69) is 43.4 Å². The first-order valence-corrected chi connectivity index (χ1v) is 6.08. The summed E-state index contributed by atoms with van der Waals surface area (Å²) in [6, 6.07) is 12.3. The standard InChI is InChI=1S/C14H16ClNO/c1-10-5-3-4-6-13(10)11(2)16-9-12-7-8-14(15)17-12/h3-8,11,16H,9H2,1-2H3/t11-/m0/s1. The smallest absolute Gasteiger partial charge is 0.193 e. The van der Waals surface area contributed by atoms with Crippen molar-refractivity contribution in [3.8, 4) is 0 Å². The molecule has 0 aliphatic heterocycles. The zero-order valence-electron chi connectivity index (χ0n) is 10.0. The maximum atomic E-state index is 5.72. The van der Waals surface area contributed by atoms with E-state index in [1.165, 1.54) is 11.1 Å². The number of aryl methyl sites for hydroxylation is 1. The van der Waals surface area contributed by atoms with E-state index in [4.69, 9.17) is 16.0 Å². The first-order chi connectivity index (χ1) is 8.16. The zero-order chi connectivity index (χ0) is 12.3. The van der Waals surface area contributed by atoms with Crippen LogP contribution in [0.4, 0.5) is 0 Å². The number of hydrogen-bond donors (Lipinski definition) is 1. The second-order valence-electron chi connectivity index (χ2n) is 4.16. The molecule has 0 aliphatic rings. The molecule has 0 bridgehead atoms. The van der Waals surface area contributed by atoms with Crippen LogP contribution in [0, 0.1) is 6.92 Å². The Hall–Kier alpha value is -1.25. The van der Waals surface area contributed by atoms with Gasteiger partial charge >= 0.3 is 0 Å². The maximum Gasteiger partial charge on any atom is 0.193 e. The number of furan rings is 1. The molecule has 1 aromatic heterocycles. The van der Waals surface area contributed by atoms with Gasteiger partial charge in [0.25, 0.3) is 0 Å². The Morgan fingerprint density at radius 2 is 2.00 bits per heavy atom. The molecule has 1 heterocycles. The third-order valence-electron chi connectivity index (χ3n) is 2.87. The molecule has 2 rings (SSSR count). The van der Waals surface area contributed by atoms with Crippen LogP contribution in [-0.2, 0) is 6.54 Å². The highest BCUT2D eigenvalue weighted by Crippen LogP contribution is 2.18. The van der Waals surface area contributed by atoms with E-state index < -0.39 is 0 Å². The fraction of sp³-hybridized carbons (Fsp3) is 0.286. The Kier molecular flexibility index (Phi) is 3.87. The van der Waals surface area contributed by atoms with Crippen molar-refractivity contribution in [2.75, 3.05) is 0 Å². The van der Waals surface area contributed by atoms with Crippen molar-refractivity contribution in [2.45, 2.75) is 26.4 Å². The molecule has 90 valence electrons. The van der Waals surface area contributed by atoms with Gasteiger partial charge in [0.1, 0.15) is 5.76 Å². The molecular weight excluding hydrogens is 234 g/mol. The second-order valence-corrected chi connectivity index (χ2v) is 4.54. The van der Waals surface area contributed by atoms with Crippen LogP contribution in [0.1, 0.15) is 29.9 Å². The Morgan fingerprint density at radius 1 is 1.24 bits per heavy atom. The summed E-state index contributed by atoms with van der Waals surface area (Å²) in [6.07, 6.45) is 0. The molecule has 2 nitrogen and oxygen atoms in total. The van der Waals surface area contributed by atoms with Gasteiger partial charge in [-0.25, -0.2) is 0 Å². The predicted molar refractivity (Wildman–Crippen MR) is 70.2 cm³/mol. The number of halogens is 1. The van der Waals surface area contributed by atoms with E-state index in [0.29, 0.717) is 17.8 Å². The highest BCUT2D eigenvalue weighted by molar-refractivity contribution is 6.28. The summed E-state index contributed by atoms with van der Waals surface area (Å²) in [5, 5.41) is 3.85. The maximum absolute atomic E-state index is 5.72. The lowest BCUT2D eigenvalue weighted by molar-refractivity contribution is 0.461. The minimum atomic E-state index is 0.292. The molecular formula is C14H16ClNO. The normalized spacial score (nSPS) is 12.6. The average molecular weight is 250 g/mol. The molecule has 0 amide bonds. The lowest BCUT2D eigenvalue weighted by atomic mass is 10.0. The van der Waals surface area contributed by atoms with Crippen molar-refractivity contribution >= 4 is 11.6 Å². The van der Waals surface area contributed by atoms with Crippen LogP contribution in [0.5, 0.6) is 0 Å². The van der Waals surface area contributed by atoms with Crippen LogP contribution in [-0.4, -0.2) is 0 Å². The minimum absolute atomic E-state index is 0.292. The van der Waals surface area contributed by atoms with Gasteiger partial charge in [-0.05, 0) is 48.7 Å². The molecule has 1 N–H and O–H groups in total. The molecule has 17 heavy (non-hydrogen) atoms.